The summed E-state index contributed by atoms with van der Waals surface area (Å²) < 4.78 is 36.6. The number of rotatable bonds is 4. The van der Waals surface area contributed by atoms with E-state index >= 15 is 0 Å². The molecule has 0 N–H and O–H groups in total. The van der Waals surface area contributed by atoms with Crippen LogP contribution in [0.4, 0.5) is 8.78 Å². The quantitative estimate of drug-likeness (QED) is 0.630. The first-order valence-corrected chi connectivity index (χ1v) is 5.93. The zero-order valence-corrected chi connectivity index (χ0v) is 11.8. The van der Waals surface area contributed by atoms with Crippen LogP contribution in [0.3, 0.4) is 0 Å². The van der Waals surface area contributed by atoms with Crippen LogP contribution in [-0.4, -0.2) is 19.7 Å². The van der Waals surface area contributed by atoms with Crippen molar-refractivity contribution in [1.29, 1.82) is 0 Å². The van der Waals surface area contributed by atoms with Crippen LogP contribution < -0.4 is 4.74 Å². The zero-order chi connectivity index (χ0) is 13.9. The second-order valence-corrected chi connectivity index (χ2v) is 5.28. The number of carbonyl (C=O) groups excluding carboxylic acids is 1. The van der Waals surface area contributed by atoms with Crippen molar-refractivity contribution in [3.05, 3.63) is 28.2 Å². The van der Waals surface area contributed by atoms with Gasteiger partial charge in [-0.2, -0.15) is 4.39 Å². The van der Waals surface area contributed by atoms with Crippen molar-refractivity contribution in [2.75, 3.05) is 13.7 Å². The molecule has 0 atom stereocenters. The number of ether oxygens (including phenoxy) is 2. The Labute approximate surface area is 112 Å². The zero-order valence-electron chi connectivity index (χ0n) is 10.2. The van der Waals surface area contributed by atoms with E-state index in [0.29, 0.717) is 4.47 Å². The average Bonchev–Trinajstić information content (AvgIpc) is 2.30. The molecule has 1 aromatic carbocycles. The molecule has 0 radical (unpaired) electrons. The summed E-state index contributed by atoms with van der Waals surface area (Å²) in [5.74, 6) is -2.84. The molecule has 18 heavy (non-hydrogen) atoms. The fourth-order valence-corrected chi connectivity index (χ4v) is 1.64. The minimum absolute atomic E-state index is 0.119. The molecule has 1 rings (SSSR count). The summed E-state index contributed by atoms with van der Waals surface area (Å²) in [5, 5.41) is 0. The van der Waals surface area contributed by atoms with Gasteiger partial charge in [-0.15, -0.1) is 0 Å². The molecule has 0 aliphatic rings. The molecule has 0 unspecified atom stereocenters. The summed E-state index contributed by atoms with van der Waals surface area (Å²) >= 11 is 3.03. The topological polar surface area (TPSA) is 35.5 Å². The van der Waals surface area contributed by atoms with E-state index < -0.39 is 23.0 Å². The fourth-order valence-electron chi connectivity index (χ4n) is 1.23. The van der Waals surface area contributed by atoms with E-state index in [1.54, 1.807) is 13.8 Å². The molecule has 0 amide bonds. The van der Waals surface area contributed by atoms with Crippen LogP contribution in [0.5, 0.6) is 5.75 Å². The van der Waals surface area contributed by atoms with Crippen molar-refractivity contribution in [2.45, 2.75) is 13.8 Å². The highest BCUT2D eigenvalue weighted by Gasteiger charge is 2.30. The van der Waals surface area contributed by atoms with Crippen LogP contribution in [0.15, 0.2) is 16.6 Å². The lowest BCUT2D eigenvalue weighted by atomic mass is 9.95. The Balaban J connectivity index is 2.84. The molecule has 0 saturated carbocycles. The van der Waals surface area contributed by atoms with Gasteiger partial charge < -0.3 is 9.47 Å². The molecule has 0 aliphatic heterocycles. The third kappa shape index (κ3) is 3.41. The number of halogens is 3. The molecule has 100 valence electrons. The molecule has 0 aromatic heterocycles. The van der Waals surface area contributed by atoms with Gasteiger partial charge in [-0.3, -0.25) is 4.79 Å². The van der Waals surface area contributed by atoms with Gasteiger partial charge in [0.15, 0.2) is 11.6 Å². The summed E-state index contributed by atoms with van der Waals surface area (Å²) in [6.07, 6.45) is 0. The monoisotopic (exact) mass is 322 g/mol. The summed E-state index contributed by atoms with van der Waals surface area (Å²) in [6, 6.07) is 2.29. The molecule has 0 aliphatic carbocycles. The molecular formula is C12H13BrF2O3. The smallest absolute Gasteiger partial charge is 0.314 e. The number of carbonyl (C=O) groups is 1. The molecule has 1 aromatic rings. The minimum atomic E-state index is -1.08. The Morgan fingerprint density at radius 2 is 2.00 bits per heavy atom. The summed E-state index contributed by atoms with van der Waals surface area (Å²) in [4.78, 5) is 11.4. The number of esters is 1. The molecule has 3 nitrogen and oxygen atoms in total. The van der Waals surface area contributed by atoms with Gasteiger partial charge in [0.2, 0.25) is 5.82 Å². The highest BCUT2D eigenvalue weighted by Crippen LogP contribution is 2.27. The second-order valence-electron chi connectivity index (χ2n) is 4.36. The lowest BCUT2D eigenvalue weighted by Gasteiger charge is -2.21. The number of hydrogen-bond donors (Lipinski definition) is 0. The van der Waals surface area contributed by atoms with E-state index in [-0.39, 0.29) is 12.4 Å². The number of hydrogen-bond acceptors (Lipinski definition) is 3. The van der Waals surface area contributed by atoms with Gasteiger partial charge in [-0.1, -0.05) is 15.9 Å². The van der Waals surface area contributed by atoms with Crippen molar-refractivity contribution >= 4 is 21.9 Å². The summed E-state index contributed by atoms with van der Waals surface area (Å²) in [5.41, 5.74) is -0.944. The lowest BCUT2D eigenvalue weighted by Crippen LogP contribution is -2.32. The van der Waals surface area contributed by atoms with E-state index in [4.69, 9.17) is 4.74 Å². The molecule has 0 spiro atoms. The molecule has 0 saturated heterocycles. The minimum Gasteiger partial charge on any atom is -0.489 e. The third-order valence-corrected chi connectivity index (χ3v) is 2.74. The van der Waals surface area contributed by atoms with Crippen LogP contribution in [0.25, 0.3) is 0 Å². The van der Waals surface area contributed by atoms with E-state index in [2.05, 4.69) is 20.7 Å². The standard InChI is InChI=1S/C12H13BrF2O3/c1-12(2,11(16)17-3)6-18-9-5-7(13)4-8(14)10(9)15/h4-5H,6H2,1-3H3. The van der Waals surface area contributed by atoms with Crippen LogP contribution in [-0.2, 0) is 9.53 Å². The SMILES string of the molecule is COC(=O)C(C)(C)COc1cc(Br)cc(F)c1F. The van der Waals surface area contributed by atoms with Gasteiger partial charge in [-0.05, 0) is 26.0 Å². The highest BCUT2D eigenvalue weighted by atomic mass is 79.9. The highest BCUT2D eigenvalue weighted by molar-refractivity contribution is 9.10. The van der Waals surface area contributed by atoms with Crippen molar-refractivity contribution in [3.8, 4) is 5.75 Å². The molecule has 6 heteroatoms. The van der Waals surface area contributed by atoms with Gasteiger partial charge >= 0.3 is 5.97 Å². The first-order chi connectivity index (χ1) is 8.27. The Morgan fingerprint density at radius 3 is 2.56 bits per heavy atom. The number of benzene rings is 1. The summed E-state index contributed by atoms with van der Waals surface area (Å²) in [6.45, 7) is 3.06. The van der Waals surface area contributed by atoms with E-state index in [0.717, 1.165) is 6.07 Å². The average molecular weight is 323 g/mol. The van der Waals surface area contributed by atoms with E-state index in [9.17, 15) is 13.6 Å². The molecular weight excluding hydrogens is 310 g/mol. The first-order valence-electron chi connectivity index (χ1n) is 5.13. The van der Waals surface area contributed by atoms with Crippen molar-refractivity contribution in [3.63, 3.8) is 0 Å². The maximum Gasteiger partial charge on any atom is 0.314 e. The fraction of sp³-hybridized carbons (Fsp3) is 0.417. The van der Waals surface area contributed by atoms with Crippen LogP contribution in [0.2, 0.25) is 0 Å². The maximum absolute atomic E-state index is 13.4. The van der Waals surface area contributed by atoms with Crippen LogP contribution >= 0.6 is 15.9 Å². The lowest BCUT2D eigenvalue weighted by molar-refractivity contribution is -0.152. The van der Waals surface area contributed by atoms with Gasteiger partial charge in [0.25, 0.3) is 0 Å². The Morgan fingerprint density at radius 1 is 1.39 bits per heavy atom. The molecule has 0 bridgehead atoms. The van der Waals surface area contributed by atoms with Gasteiger partial charge in [0.05, 0.1) is 12.5 Å². The van der Waals surface area contributed by atoms with Gasteiger partial charge in [0, 0.05) is 4.47 Å². The van der Waals surface area contributed by atoms with E-state index in [1.165, 1.54) is 13.2 Å². The predicted molar refractivity (Wildman–Crippen MR) is 65.4 cm³/mol. The van der Waals surface area contributed by atoms with Gasteiger partial charge in [0.1, 0.15) is 6.61 Å². The van der Waals surface area contributed by atoms with Crippen LogP contribution in [0.1, 0.15) is 13.8 Å². The van der Waals surface area contributed by atoms with Gasteiger partial charge in [-0.25, -0.2) is 4.39 Å². The largest absolute Gasteiger partial charge is 0.489 e. The second kappa shape index (κ2) is 5.65. The number of methoxy groups -OCH3 is 1. The Hall–Kier alpha value is -1.17. The normalized spacial score (nSPS) is 11.2. The van der Waals surface area contributed by atoms with Crippen molar-refractivity contribution in [1.82, 2.24) is 0 Å². The third-order valence-electron chi connectivity index (χ3n) is 2.29. The van der Waals surface area contributed by atoms with Crippen molar-refractivity contribution in [2.24, 2.45) is 5.41 Å². The summed E-state index contributed by atoms with van der Waals surface area (Å²) in [7, 11) is 1.25. The molecule has 0 heterocycles. The van der Waals surface area contributed by atoms with Crippen molar-refractivity contribution < 1.29 is 23.0 Å². The Bertz CT molecular complexity index is 461. The maximum atomic E-state index is 13.4. The van der Waals surface area contributed by atoms with E-state index in [1.807, 2.05) is 0 Å². The Kier molecular flexibility index (Phi) is 4.67. The first kappa shape index (κ1) is 14.9. The van der Waals surface area contributed by atoms with Crippen LogP contribution in [0, 0.1) is 17.0 Å². The molecule has 0 fully saturated rings. The predicted octanol–water partition coefficient (Wildman–Crippen LogP) is 3.31.